The second-order valence-corrected chi connectivity index (χ2v) is 6.04. The van der Waals surface area contributed by atoms with Crippen LogP contribution in [-0.2, 0) is 17.6 Å². The highest BCUT2D eigenvalue weighted by molar-refractivity contribution is 5.28. The molecule has 1 N–H and O–H groups in total. The van der Waals surface area contributed by atoms with Crippen molar-refractivity contribution in [2.75, 3.05) is 20.2 Å². The van der Waals surface area contributed by atoms with E-state index in [4.69, 9.17) is 14.7 Å². The van der Waals surface area contributed by atoms with Crippen LogP contribution < -0.4 is 5.32 Å². The number of hydrogen-bond acceptors (Lipinski definition) is 4. The van der Waals surface area contributed by atoms with Gasteiger partial charge in [-0.25, -0.2) is 9.97 Å². The van der Waals surface area contributed by atoms with Crippen LogP contribution in [0.1, 0.15) is 62.0 Å². The van der Waals surface area contributed by atoms with Crippen LogP contribution in [0.15, 0.2) is 0 Å². The molecule has 1 heterocycles. The molecule has 0 fully saturated rings. The minimum Gasteiger partial charge on any atom is -0.373 e. The molecular formula is C17H29N3O. The van der Waals surface area contributed by atoms with Gasteiger partial charge in [0.1, 0.15) is 6.10 Å². The molecule has 0 saturated heterocycles. The van der Waals surface area contributed by atoms with E-state index < -0.39 is 0 Å². The summed E-state index contributed by atoms with van der Waals surface area (Å²) in [5.41, 5.74) is 3.77. The van der Waals surface area contributed by atoms with Gasteiger partial charge < -0.3 is 10.1 Å². The molecule has 118 valence electrons. The average molecular weight is 291 g/mol. The summed E-state index contributed by atoms with van der Waals surface area (Å²) in [4.78, 5) is 9.49. The van der Waals surface area contributed by atoms with Gasteiger partial charge in [0.05, 0.1) is 0 Å². The number of aromatic nitrogens is 2. The second-order valence-electron chi connectivity index (χ2n) is 6.04. The van der Waals surface area contributed by atoms with E-state index in [1.807, 2.05) is 0 Å². The molecule has 1 aromatic heterocycles. The first-order valence-corrected chi connectivity index (χ1v) is 8.29. The smallest absolute Gasteiger partial charge is 0.157 e. The van der Waals surface area contributed by atoms with Gasteiger partial charge in [-0.3, -0.25) is 0 Å². The summed E-state index contributed by atoms with van der Waals surface area (Å²) in [7, 11) is 1.74. The molecule has 1 aliphatic rings. The van der Waals surface area contributed by atoms with Gasteiger partial charge in [-0.15, -0.1) is 0 Å². The molecule has 0 saturated carbocycles. The maximum absolute atomic E-state index is 5.48. The third-order valence-electron chi connectivity index (χ3n) is 4.40. The van der Waals surface area contributed by atoms with Crippen LogP contribution in [0.5, 0.6) is 0 Å². The second kappa shape index (κ2) is 7.85. The molecule has 0 aliphatic heterocycles. The van der Waals surface area contributed by atoms with E-state index in [9.17, 15) is 0 Å². The Balaban J connectivity index is 2.11. The van der Waals surface area contributed by atoms with E-state index in [2.05, 4.69) is 26.1 Å². The summed E-state index contributed by atoms with van der Waals surface area (Å²) >= 11 is 0. The zero-order valence-electron chi connectivity index (χ0n) is 13.9. The summed E-state index contributed by atoms with van der Waals surface area (Å²) in [6.07, 6.45) is 5.55. The Morgan fingerprint density at radius 2 is 2.14 bits per heavy atom. The van der Waals surface area contributed by atoms with Gasteiger partial charge >= 0.3 is 0 Å². The number of ether oxygens (including phenoxy) is 1. The number of aryl methyl sites for hydroxylation is 2. The van der Waals surface area contributed by atoms with Crippen molar-refractivity contribution in [1.29, 1.82) is 0 Å². The Hall–Kier alpha value is -1.00. The summed E-state index contributed by atoms with van der Waals surface area (Å²) in [5, 5.41) is 3.54. The molecule has 1 aliphatic carbocycles. The molecule has 2 rings (SSSR count). The van der Waals surface area contributed by atoms with Crippen molar-refractivity contribution in [2.45, 2.75) is 59.0 Å². The maximum Gasteiger partial charge on any atom is 0.157 e. The highest BCUT2D eigenvalue weighted by Crippen LogP contribution is 2.28. The molecule has 2 unspecified atom stereocenters. The lowest BCUT2D eigenvalue weighted by Gasteiger charge is -2.26. The van der Waals surface area contributed by atoms with Crippen LogP contribution in [0.4, 0.5) is 0 Å². The minimum atomic E-state index is 0.0259. The Bertz CT molecular complexity index is 458. The van der Waals surface area contributed by atoms with E-state index in [1.54, 1.807) is 7.11 Å². The summed E-state index contributed by atoms with van der Waals surface area (Å²) in [6.45, 7) is 8.67. The maximum atomic E-state index is 5.48. The summed E-state index contributed by atoms with van der Waals surface area (Å²) in [5.74, 6) is 1.58. The van der Waals surface area contributed by atoms with Gasteiger partial charge in [-0.2, -0.15) is 0 Å². The van der Waals surface area contributed by atoms with E-state index in [0.717, 1.165) is 49.8 Å². The van der Waals surface area contributed by atoms with Crippen molar-refractivity contribution in [1.82, 2.24) is 15.3 Å². The number of rotatable bonds is 7. The number of hydrogen-bond donors (Lipinski definition) is 1. The normalized spacial score (nSPS) is 19.3. The van der Waals surface area contributed by atoms with Gasteiger partial charge in [0.25, 0.3) is 0 Å². The monoisotopic (exact) mass is 291 g/mol. The summed E-state index contributed by atoms with van der Waals surface area (Å²) in [6, 6.07) is 0. The fourth-order valence-electron chi connectivity index (χ4n) is 3.14. The van der Waals surface area contributed by atoms with E-state index in [1.165, 1.54) is 24.1 Å². The molecule has 4 heteroatoms. The van der Waals surface area contributed by atoms with Gasteiger partial charge in [-0.05, 0) is 63.6 Å². The lowest BCUT2D eigenvalue weighted by molar-refractivity contribution is 0.0920. The zero-order chi connectivity index (χ0) is 15.2. The zero-order valence-corrected chi connectivity index (χ0v) is 13.9. The third kappa shape index (κ3) is 4.01. The molecule has 21 heavy (non-hydrogen) atoms. The van der Waals surface area contributed by atoms with Crippen molar-refractivity contribution in [3.63, 3.8) is 0 Å². The molecule has 0 aromatic carbocycles. The molecule has 0 bridgehead atoms. The van der Waals surface area contributed by atoms with Gasteiger partial charge in [0, 0.05) is 18.5 Å². The molecule has 0 amide bonds. The lowest BCUT2D eigenvalue weighted by atomic mass is 9.85. The Morgan fingerprint density at radius 3 is 2.81 bits per heavy atom. The van der Waals surface area contributed by atoms with Crippen molar-refractivity contribution in [3.8, 4) is 0 Å². The number of methoxy groups -OCH3 is 1. The number of nitrogens with one attached hydrogen (secondary N) is 1. The third-order valence-corrected chi connectivity index (χ3v) is 4.40. The minimum absolute atomic E-state index is 0.0259. The van der Waals surface area contributed by atoms with Gasteiger partial charge in [0.2, 0.25) is 0 Å². The van der Waals surface area contributed by atoms with E-state index in [-0.39, 0.29) is 6.10 Å². The van der Waals surface area contributed by atoms with Crippen LogP contribution in [-0.4, -0.2) is 30.2 Å². The number of nitrogens with zero attached hydrogens (tertiary/aromatic N) is 2. The van der Waals surface area contributed by atoms with Crippen LogP contribution >= 0.6 is 0 Å². The van der Waals surface area contributed by atoms with E-state index in [0.29, 0.717) is 0 Å². The predicted octanol–water partition coefficient (Wildman–Crippen LogP) is 2.99. The topological polar surface area (TPSA) is 47.0 Å². The average Bonchev–Trinajstić information content (AvgIpc) is 2.49. The first kappa shape index (κ1) is 16.4. The van der Waals surface area contributed by atoms with Crippen LogP contribution in [0.2, 0.25) is 0 Å². The fourth-order valence-corrected chi connectivity index (χ4v) is 3.14. The van der Waals surface area contributed by atoms with Crippen LogP contribution in [0, 0.1) is 12.8 Å². The van der Waals surface area contributed by atoms with Crippen molar-refractivity contribution in [3.05, 3.63) is 22.8 Å². The van der Waals surface area contributed by atoms with Crippen molar-refractivity contribution >= 4 is 0 Å². The lowest BCUT2D eigenvalue weighted by Crippen LogP contribution is -2.29. The highest BCUT2D eigenvalue weighted by Gasteiger charge is 2.24. The first-order valence-electron chi connectivity index (χ1n) is 8.29. The van der Waals surface area contributed by atoms with Gasteiger partial charge in [0.15, 0.2) is 5.82 Å². The molecule has 4 nitrogen and oxygen atoms in total. The highest BCUT2D eigenvalue weighted by atomic mass is 16.5. The first-order chi connectivity index (χ1) is 10.2. The quantitative estimate of drug-likeness (QED) is 0.785. The molecule has 0 radical (unpaired) electrons. The molecular weight excluding hydrogens is 262 g/mol. The SMILES string of the molecule is CCCNCC1CCc2nc(C(CC)OC)nc(C)c2C1. The number of fused-ring (bicyclic) bond motifs is 1. The van der Waals surface area contributed by atoms with E-state index >= 15 is 0 Å². The fraction of sp³-hybridized carbons (Fsp3) is 0.765. The summed E-state index contributed by atoms with van der Waals surface area (Å²) < 4.78 is 5.48. The molecule has 1 aromatic rings. The molecule has 0 spiro atoms. The predicted molar refractivity (Wildman–Crippen MR) is 85.5 cm³/mol. The molecule has 2 atom stereocenters. The Kier molecular flexibility index (Phi) is 6.12. The largest absolute Gasteiger partial charge is 0.373 e. The van der Waals surface area contributed by atoms with Gasteiger partial charge in [-0.1, -0.05) is 13.8 Å². The standard InChI is InChI=1S/C17H29N3O/c1-5-9-18-11-13-7-8-15-14(10-13)12(3)19-17(20-15)16(6-2)21-4/h13,16,18H,5-11H2,1-4H3. The van der Waals surface area contributed by atoms with Crippen molar-refractivity contribution in [2.24, 2.45) is 5.92 Å². The Labute approximate surface area is 128 Å². The Morgan fingerprint density at radius 1 is 1.33 bits per heavy atom. The van der Waals surface area contributed by atoms with Crippen molar-refractivity contribution < 1.29 is 4.74 Å². The van der Waals surface area contributed by atoms with Crippen LogP contribution in [0.3, 0.4) is 0 Å². The van der Waals surface area contributed by atoms with Crippen LogP contribution in [0.25, 0.3) is 0 Å².